The largest absolute Gasteiger partial charge is 0.493 e. The number of nitrogens with two attached hydrogens (primary N) is 1. The minimum Gasteiger partial charge on any atom is -0.493 e. The van der Waals surface area contributed by atoms with Gasteiger partial charge in [-0.15, -0.1) is 5.10 Å². The van der Waals surface area contributed by atoms with Gasteiger partial charge in [0.25, 0.3) is 0 Å². The lowest BCUT2D eigenvalue weighted by atomic mass is 10.1. The second kappa shape index (κ2) is 9.33. The molecule has 1 aromatic heterocycles. The van der Waals surface area contributed by atoms with Crippen molar-refractivity contribution in [3.05, 3.63) is 17.7 Å². The zero-order valence-corrected chi connectivity index (χ0v) is 15.3. The highest BCUT2D eigenvalue weighted by Crippen LogP contribution is 2.37. The number of hydrogen-bond acceptors (Lipinski definition) is 7. The SMILES string of the molecule is COc1cc(C[NH2+]CCCSc2nnnn2C)cc(OC)c1OC. The molecule has 0 fully saturated rings. The van der Waals surface area contributed by atoms with Crippen LogP contribution in [0.3, 0.4) is 0 Å². The van der Waals surface area contributed by atoms with Gasteiger partial charge in [0.05, 0.1) is 27.9 Å². The van der Waals surface area contributed by atoms with Crippen molar-refractivity contribution in [3.8, 4) is 17.2 Å². The van der Waals surface area contributed by atoms with Crippen molar-refractivity contribution in [3.63, 3.8) is 0 Å². The molecule has 0 amide bonds. The molecule has 2 N–H and O–H groups in total. The number of aromatic nitrogens is 4. The highest BCUT2D eigenvalue weighted by Gasteiger charge is 2.13. The van der Waals surface area contributed by atoms with E-state index in [9.17, 15) is 0 Å². The first-order valence-electron chi connectivity index (χ1n) is 7.65. The Morgan fingerprint density at radius 3 is 2.38 bits per heavy atom. The van der Waals surface area contributed by atoms with Crippen LogP contribution in [0.2, 0.25) is 0 Å². The van der Waals surface area contributed by atoms with Crippen LogP contribution in [0.15, 0.2) is 17.3 Å². The minimum atomic E-state index is 0.623. The molecule has 0 unspecified atom stereocenters. The summed E-state index contributed by atoms with van der Waals surface area (Å²) in [6, 6.07) is 3.97. The number of nitrogens with zero attached hydrogens (tertiary/aromatic N) is 4. The number of ether oxygens (including phenoxy) is 3. The molecule has 0 aliphatic rings. The fourth-order valence-electron chi connectivity index (χ4n) is 2.26. The Morgan fingerprint density at radius 1 is 1.12 bits per heavy atom. The first-order valence-corrected chi connectivity index (χ1v) is 8.63. The maximum atomic E-state index is 5.37. The molecule has 132 valence electrons. The Hall–Kier alpha value is -2.00. The number of hydrogen-bond donors (Lipinski definition) is 1. The molecule has 0 bridgehead atoms. The van der Waals surface area contributed by atoms with Crippen molar-refractivity contribution in [2.24, 2.45) is 7.05 Å². The molecule has 0 atom stereocenters. The molecule has 1 heterocycles. The minimum absolute atomic E-state index is 0.623. The van der Waals surface area contributed by atoms with E-state index in [4.69, 9.17) is 14.2 Å². The Kier molecular flexibility index (Phi) is 7.13. The first-order chi connectivity index (χ1) is 11.7. The van der Waals surface area contributed by atoms with Gasteiger partial charge in [-0.25, -0.2) is 4.68 Å². The van der Waals surface area contributed by atoms with Crippen LogP contribution < -0.4 is 19.5 Å². The molecule has 2 rings (SSSR count). The second-order valence-corrected chi connectivity index (χ2v) is 6.16. The van der Waals surface area contributed by atoms with Crippen LogP contribution in [0, 0.1) is 0 Å². The van der Waals surface area contributed by atoms with Gasteiger partial charge < -0.3 is 19.5 Å². The van der Waals surface area contributed by atoms with E-state index in [1.54, 1.807) is 37.8 Å². The molecule has 0 spiro atoms. The standard InChI is InChI=1S/C15H23N5O3S/c1-20-15(17-18-19-20)24-7-5-6-16-10-11-8-12(21-2)14(23-4)13(9-11)22-3/h8-9,16H,5-7,10H2,1-4H3/p+1. The van der Waals surface area contributed by atoms with Crippen LogP contribution in [0.1, 0.15) is 12.0 Å². The van der Waals surface area contributed by atoms with Crippen molar-refractivity contribution in [1.29, 1.82) is 0 Å². The Bertz CT molecular complexity index is 625. The van der Waals surface area contributed by atoms with E-state index in [-0.39, 0.29) is 0 Å². The molecule has 0 aliphatic carbocycles. The molecule has 0 aliphatic heterocycles. The molecule has 9 heteroatoms. The Balaban J connectivity index is 1.78. The van der Waals surface area contributed by atoms with Gasteiger partial charge in [0.15, 0.2) is 11.5 Å². The van der Waals surface area contributed by atoms with Gasteiger partial charge in [-0.2, -0.15) is 0 Å². The van der Waals surface area contributed by atoms with E-state index in [2.05, 4.69) is 20.8 Å². The van der Waals surface area contributed by atoms with Gasteiger partial charge in [0.2, 0.25) is 10.9 Å². The lowest BCUT2D eigenvalue weighted by molar-refractivity contribution is -0.670. The number of tetrazole rings is 1. The lowest BCUT2D eigenvalue weighted by Crippen LogP contribution is -2.82. The molecule has 24 heavy (non-hydrogen) atoms. The van der Waals surface area contributed by atoms with Crippen molar-refractivity contribution in [2.75, 3.05) is 33.6 Å². The quantitative estimate of drug-likeness (QED) is 0.490. The van der Waals surface area contributed by atoms with Crippen molar-refractivity contribution < 1.29 is 19.5 Å². The summed E-state index contributed by atoms with van der Waals surface area (Å²) >= 11 is 1.67. The first kappa shape index (κ1) is 18.3. The third-order valence-electron chi connectivity index (χ3n) is 3.47. The summed E-state index contributed by atoms with van der Waals surface area (Å²) in [5.41, 5.74) is 1.13. The number of quaternary nitrogens is 1. The average molecular weight is 354 g/mol. The summed E-state index contributed by atoms with van der Waals surface area (Å²) in [7, 11) is 6.71. The molecule has 0 saturated heterocycles. The van der Waals surface area contributed by atoms with Crippen LogP contribution in [-0.4, -0.2) is 53.8 Å². The van der Waals surface area contributed by atoms with E-state index >= 15 is 0 Å². The van der Waals surface area contributed by atoms with Crippen molar-refractivity contribution in [1.82, 2.24) is 20.2 Å². The smallest absolute Gasteiger partial charge is 0.209 e. The van der Waals surface area contributed by atoms with E-state index in [0.29, 0.717) is 17.2 Å². The maximum absolute atomic E-state index is 5.37. The third-order valence-corrected chi connectivity index (χ3v) is 4.57. The van der Waals surface area contributed by atoms with Gasteiger partial charge in [0.1, 0.15) is 6.54 Å². The highest BCUT2D eigenvalue weighted by molar-refractivity contribution is 7.99. The van der Waals surface area contributed by atoms with Gasteiger partial charge in [-0.1, -0.05) is 11.8 Å². The zero-order chi connectivity index (χ0) is 17.4. The van der Waals surface area contributed by atoms with E-state index in [0.717, 1.165) is 36.0 Å². The monoisotopic (exact) mass is 354 g/mol. The summed E-state index contributed by atoms with van der Waals surface area (Å²) in [6.45, 7) is 1.88. The summed E-state index contributed by atoms with van der Waals surface area (Å²) in [5, 5.41) is 14.5. The summed E-state index contributed by atoms with van der Waals surface area (Å²) < 4.78 is 17.8. The molecule has 1 aromatic carbocycles. The Labute approximate surface area is 145 Å². The molecule has 0 saturated carbocycles. The van der Waals surface area contributed by atoms with Crippen molar-refractivity contribution in [2.45, 2.75) is 18.1 Å². The second-order valence-electron chi connectivity index (χ2n) is 5.10. The number of methoxy groups -OCH3 is 3. The van der Waals surface area contributed by atoms with Crippen LogP contribution in [0.25, 0.3) is 0 Å². The van der Waals surface area contributed by atoms with E-state index in [1.165, 1.54) is 0 Å². The lowest BCUT2D eigenvalue weighted by Gasteiger charge is -2.13. The van der Waals surface area contributed by atoms with Gasteiger partial charge in [-0.05, 0) is 22.6 Å². The third kappa shape index (κ3) is 4.75. The summed E-state index contributed by atoms with van der Waals surface area (Å²) in [6.07, 6.45) is 1.07. The number of thioether (sulfide) groups is 1. The number of rotatable bonds is 10. The zero-order valence-electron chi connectivity index (χ0n) is 14.5. The molecule has 2 aromatic rings. The predicted octanol–water partition coefficient (Wildman–Crippen LogP) is 0.482. The van der Waals surface area contributed by atoms with Gasteiger partial charge in [-0.3, -0.25) is 0 Å². The van der Waals surface area contributed by atoms with Crippen LogP contribution in [0.5, 0.6) is 17.2 Å². The molecule has 0 radical (unpaired) electrons. The maximum Gasteiger partial charge on any atom is 0.209 e. The average Bonchev–Trinajstić information content (AvgIpc) is 3.01. The topological polar surface area (TPSA) is 87.9 Å². The van der Waals surface area contributed by atoms with Crippen LogP contribution in [0.4, 0.5) is 0 Å². The fourth-order valence-corrected chi connectivity index (χ4v) is 3.07. The van der Waals surface area contributed by atoms with Gasteiger partial charge in [0, 0.05) is 24.8 Å². The summed E-state index contributed by atoms with van der Waals surface area (Å²) in [5.74, 6) is 2.98. The summed E-state index contributed by atoms with van der Waals surface area (Å²) in [4.78, 5) is 0. The highest BCUT2D eigenvalue weighted by atomic mass is 32.2. The van der Waals surface area contributed by atoms with Gasteiger partial charge >= 0.3 is 0 Å². The Morgan fingerprint density at radius 2 is 1.83 bits per heavy atom. The normalized spacial score (nSPS) is 10.7. The molecule has 8 nitrogen and oxygen atoms in total. The van der Waals surface area contributed by atoms with Crippen LogP contribution >= 0.6 is 11.8 Å². The molecular weight excluding hydrogens is 330 g/mol. The van der Waals surface area contributed by atoms with Crippen molar-refractivity contribution >= 4 is 11.8 Å². The number of aryl methyl sites for hydroxylation is 1. The number of benzene rings is 1. The van der Waals surface area contributed by atoms with Crippen LogP contribution in [-0.2, 0) is 13.6 Å². The molecular formula is C15H24N5O3S+. The predicted molar refractivity (Wildman–Crippen MR) is 90.7 cm³/mol. The van der Waals surface area contributed by atoms with E-state index < -0.39 is 0 Å². The van der Waals surface area contributed by atoms with E-state index in [1.807, 2.05) is 19.2 Å². The fraction of sp³-hybridized carbons (Fsp3) is 0.533.